The fourth-order valence-electron chi connectivity index (χ4n) is 1.26. The quantitative estimate of drug-likeness (QED) is 0.717. The second kappa shape index (κ2) is 4.61. The molecule has 1 fully saturated rings. The van der Waals surface area contributed by atoms with Gasteiger partial charge in [-0.05, 0) is 19.3 Å². The van der Waals surface area contributed by atoms with E-state index in [-0.39, 0.29) is 0 Å². The third kappa shape index (κ3) is 3.15. The average molecular weight is 222 g/mol. The van der Waals surface area contributed by atoms with Gasteiger partial charge in [0.15, 0.2) is 0 Å². The monoisotopic (exact) mass is 222 g/mol. The number of rotatable bonds is 2. The van der Waals surface area contributed by atoms with Gasteiger partial charge in [-0.1, -0.05) is 0 Å². The van der Waals surface area contributed by atoms with Crippen molar-refractivity contribution in [3.05, 3.63) is 0 Å². The van der Waals surface area contributed by atoms with Crippen molar-refractivity contribution in [2.24, 2.45) is 0 Å². The molecule has 1 saturated heterocycles. The third-order valence-electron chi connectivity index (χ3n) is 2.05. The maximum Gasteiger partial charge on any atom is 0.426 e. The Hall–Kier alpha value is -0.820. The zero-order valence-corrected chi connectivity index (χ0v) is 8.84. The van der Waals surface area contributed by atoms with Crippen LogP contribution in [0.4, 0.5) is 4.79 Å². The molecule has 0 aromatic rings. The molecule has 1 heterocycles. The highest BCUT2D eigenvalue weighted by atomic mass is 32.2. The van der Waals surface area contributed by atoms with Crippen LogP contribution in [-0.4, -0.2) is 39.5 Å². The molecule has 0 bridgehead atoms. The van der Waals surface area contributed by atoms with Crippen LogP contribution in [0, 0.1) is 0 Å². The number of piperidine rings is 1. The summed E-state index contributed by atoms with van der Waals surface area (Å²) in [6.45, 7) is 1.14. The minimum Gasteiger partial charge on any atom is -0.316 e. The smallest absolute Gasteiger partial charge is 0.316 e. The third-order valence-corrected chi connectivity index (χ3v) is 2.91. The Morgan fingerprint density at radius 1 is 1.29 bits per heavy atom. The van der Waals surface area contributed by atoms with Gasteiger partial charge in [-0.25, -0.2) is 4.79 Å². The largest absolute Gasteiger partial charge is 0.426 e. The summed E-state index contributed by atoms with van der Waals surface area (Å²) >= 11 is 0. The van der Waals surface area contributed by atoms with Gasteiger partial charge >= 0.3 is 16.4 Å². The zero-order valence-electron chi connectivity index (χ0n) is 8.02. The number of nitrogens with zero attached hydrogens (tertiary/aromatic N) is 1. The molecular formula is C7H14N2O4S. The molecule has 1 amide bonds. The molecule has 6 nitrogen and oxygen atoms in total. The first-order valence-electron chi connectivity index (χ1n) is 4.47. The van der Waals surface area contributed by atoms with E-state index in [9.17, 15) is 13.2 Å². The molecule has 0 saturated carbocycles. The number of hydrogen-bond donors (Lipinski definition) is 1. The fourth-order valence-corrected chi connectivity index (χ4v) is 1.64. The van der Waals surface area contributed by atoms with E-state index in [1.54, 1.807) is 0 Å². The summed E-state index contributed by atoms with van der Waals surface area (Å²) in [5.41, 5.74) is 0. The van der Waals surface area contributed by atoms with E-state index in [1.807, 2.05) is 4.72 Å². The van der Waals surface area contributed by atoms with Gasteiger partial charge in [-0.2, -0.15) is 13.1 Å². The molecule has 0 aromatic heterocycles. The molecule has 1 aliphatic heterocycles. The van der Waals surface area contributed by atoms with Gasteiger partial charge in [0.25, 0.3) is 0 Å². The zero-order chi connectivity index (χ0) is 10.6. The highest BCUT2D eigenvalue weighted by Crippen LogP contribution is 2.10. The van der Waals surface area contributed by atoms with Crippen LogP contribution in [0.2, 0.25) is 0 Å². The normalized spacial score (nSPS) is 17.9. The summed E-state index contributed by atoms with van der Waals surface area (Å²) in [7, 11) is -2.72. The van der Waals surface area contributed by atoms with Crippen LogP contribution in [-0.2, 0) is 14.5 Å². The summed E-state index contributed by atoms with van der Waals surface area (Å²) in [5, 5.41) is 0. The van der Waals surface area contributed by atoms with Crippen LogP contribution in [0.5, 0.6) is 0 Å². The van der Waals surface area contributed by atoms with Gasteiger partial charge in [0, 0.05) is 20.1 Å². The fraction of sp³-hybridized carbons (Fsp3) is 0.857. The van der Waals surface area contributed by atoms with Crippen LogP contribution >= 0.6 is 0 Å². The topological polar surface area (TPSA) is 75.7 Å². The summed E-state index contributed by atoms with van der Waals surface area (Å²) in [6.07, 6.45) is 2.07. The Morgan fingerprint density at radius 2 is 1.86 bits per heavy atom. The number of hydrogen-bond acceptors (Lipinski definition) is 4. The second-order valence-corrected chi connectivity index (χ2v) is 4.54. The van der Waals surface area contributed by atoms with Crippen LogP contribution in [0.15, 0.2) is 0 Å². The Kier molecular flexibility index (Phi) is 3.70. The SMILES string of the molecule is CNS(=O)(=O)OC(=O)N1CCCCC1. The summed E-state index contributed by atoms with van der Waals surface area (Å²) in [4.78, 5) is 12.7. The lowest BCUT2D eigenvalue weighted by atomic mass is 10.1. The Labute approximate surface area is 83.5 Å². The standard InChI is InChI=1S/C7H14N2O4S/c1-8-14(11,12)13-7(10)9-5-3-2-4-6-9/h8H,2-6H2,1H3. The molecule has 82 valence electrons. The van der Waals surface area contributed by atoms with Crippen LogP contribution in [0.3, 0.4) is 0 Å². The predicted molar refractivity (Wildman–Crippen MR) is 49.9 cm³/mol. The van der Waals surface area contributed by atoms with E-state index in [1.165, 1.54) is 11.9 Å². The minimum absolute atomic E-state index is 0.568. The van der Waals surface area contributed by atoms with Gasteiger partial charge in [-0.3, -0.25) is 0 Å². The Bertz CT molecular complexity index is 295. The predicted octanol–water partition coefficient (Wildman–Crippen LogP) is 0.0731. The number of carbonyl (C=O) groups is 1. The highest BCUT2D eigenvalue weighted by molar-refractivity contribution is 7.85. The van der Waals surface area contributed by atoms with Crippen molar-refractivity contribution < 1.29 is 17.4 Å². The van der Waals surface area contributed by atoms with E-state index in [0.29, 0.717) is 13.1 Å². The number of nitrogens with one attached hydrogen (secondary N) is 1. The molecule has 1 N–H and O–H groups in total. The van der Waals surface area contributed by atoms with E-state index in [4.69, 9.17) is 0 Å². The van der Waals surface area contributed by atoms with Crippen LogP contribution in [0.25, 0.3) is 0 Å². The molecule has 1 rings (SSSR count). The maximum atomic E-state index is 11.3. The average Bonchev–Trinajstić information content (AvgIpc) is 2.19. The maximum absolute atomic E-state index is 11.3. The molecule has 0 aromatic carbocycles. The number of amides is 1. The van der Waals surface area contributed by atoms with E-state index in [2.05, 4.69) is 4.18 Å². The van der Waals surface area contributed by atoms with Gasteiger partial charge < -0.3 is 9.08 Å². The van der Waals surface area contributed by atoms with Gasteiger partial charge in [-0.15, -0.1) is 0 Å². The Balaban J connectivity index is 2.49. The van der Waals surface area contributed by atoms with Crippen molar-refractivity contribution in [1.82, 2.24) is 9.62 Å². The number of likely N-dealkylation sites (tertiary alicyclic amines) is 1. The molecule has 7 heteroatoms. The van der Waals surface area contributed by atoms with Crippen LogP contribution < -0.4 is 4.72 Å². The first-order chi connectivity index (χ1) is 6.55. The lowest BCUT2D eigenvalue weighted by Crippen LogP contribution is -2.39. The Morgan fingerprint density at radius 3 is 2.36 bits per heavy atom. The summed E-state index contributed by atoms with van der Waals surface area (Å²) < 4.78 is 27.9. The van der Waals surface area contributed by atoms with Crippen molar-refractivity contribution in [2.75, 3.05) is 20.1 Å². The highest BCUT2D eigenvalue weighted by Gasteiger charge is 2.22. The van der Waals surface area contributed by atoms with Crippen molar-refractivity contribution in [3.63, 3.8) is 0 Å². The van der Waals surface area contributed by atoms with Crippen molar-refractivity contribution in [1.29, 1.82) is 0 Å². The van der Waals surface area contributed by atoms with Gasteiger partial charge in [0.1, 0.15) is 0 Å². The van der Waals surface area contributed by atoms with Gasteiger partial charge in [0.05, 0.1) is 0 Å². The number of carbonyl (C=O) groups excluding carboxylic acids is 1. The second-order valence-electron chi connectivity index (χ2n) is 3.06. The first-order valence-corrected chi connectivity index (χ1v) is 5.88. The van der Waals surface area contributed by atoms with Crippen LogP contribution in [0.1, 0.15) is 19.3 Å². The van der Waals surface area contributed by atoms with Crippen molar-refractivity contribution in [3.8, 4) is 0 Å². The van der Waals surface area contributed by atoms with E-state index in [0.717, 1.165) is 19.3 Å². The molecule has 0 unspecified atom stereocenters. The summed E-state index contributed by atoms with van der Waals surface area (Å²) in [6, 6.07) is 0. The molecule has 0 radical (unpaired) electrons. The molecular weight excluding hydrogens is 208 g/mol. The molecule has 0 aliphatic carbocycles. The first kappa shape index (κ1) is 11.3. The van der Waals surface area contributed by atoms with Crippen molar-refractivity contribution in [2.45, 2.75) is 19.3 Å². The lowest BCUT2D eigenvalue weighted by Gasteiger charge is -2.25. The lowest BCUT2D eigenvalue weighted by molar-refractivity contribution is 0.144. The summed E-state index contributed by atoms with van der Waals surface area (Å²) in [5.74, 6) is 0. The molecule has 0 spiro atoms. The van der Waals surface area contributed by atoms with E-state index >= 15 is 0 Å². The van der Waals surface area contributed by atoms with E-state index < -0.39 is 16.4 Å². The molecule has 1 aliphatic rings. The van der Waals surface area contributed by atoms with Crippen molar-refractivity contribution >= 4 is 16.4 Å². The molecule has 0 atom stereocenters. The molecule has 14 heavy (non-hydrogen) atoms. The van der Waals surface area contributed by atoms with Gasteiger partial charge in [0.2, 0.25) is 0 Å². The minimum atomic E-state index is -3.91.